The number of rotatable bonds is 19. The highest BCUT2D eigenvalue weighted by atomic mass is 16.8. The molecule has 4 rings (SSSR count). The lowest BCUT2D eigenvalue weighted by Gasteiger charge is -2.19. The molecule has 0 saturated heterocycles. The van der Waals surface area contributed by atoms with E-state index in [2.05, 4.69) is 34.4 Å². The van der Waals surface area contributed by atoms with Gasteiger partial charge in [-0.2, -0.15) is 0 Å². The fourth-order valence-corrected chi connectivity index (χ4v) is 5.37. The molecular formula is C41H49N5O11. The normalized spacial score (nSPS) is 12.9. The fourth-order valence-electron chi connectivity index (χ4n) is 5.37. The number of amidine groups is 1. The van der Waals surface area contributed by atoms with Crippen LogP contribution in [0.3, 0.4) is 0 Å². The smallest absolute Gasteiger partial charge is 0.496 e. The topological polar surface area (TPSA) is 225 Å². The van der Waals surface area contributed by atoms with Gasteiger partial charge >= 0.3 is 18.2 Å². The zero-order valence-electron chi connectivity index (χ0n) is 32.5. The third-order valence-electron chi connectivity index (χ3n) is 8.67. The molecule has 1 saturated carbocycles. The number of benzene rings is 2. The molecule has 1 aliphatic carbocycles. The number of anilines is 1. The first-order chi connectivity index (χ1) is 27.4. The van der Waals surface area contributed by atoms with Crippen molar-refractivity contribution in [3.05, 3.63) is 83.2 Å². The number of esters is 1. The molecule has 1 heterocycles. The number of alkyl carbamates (subject to hydrolysis) is 1. The predicted molar refractivity (Wildman–Crippen MR) is 210 cm³/mol. The average molecular weight is 788 g/mol. The van der Waals surface area contributed by atoms with E-state index in [-0.39, 0.29) is 40.5 Å². The number of carbonyl (C=O) groups is 5. The van der Waals surface area contributed by atoms with Crippen LogP contribution in [-0.2, 0) is 18.9 Å². The maximum Gasteiger partial charge on any atom is 0.511 e. The van der Waals surface area contributed by atoms with E-state index in [9.17, 15) is 29.1 Å². The Bertz CT molecular complexity index is 1950. The molecule has 16 heteroatoms. The van der Waals surface area contributed by atoms with E-state index in [1.807, 2.05) is 0 Å². The van der Waals surface area contributed by atoms with Gasteiger partial charge in [-0.3, -0.25) is 20.3 Å². The highest BCUT2D eigenvalue weighted by Crippen LogP contribution is 2.35. The van der Waals surface area contributed by atoms with Crippen LogP contribution in [0, 0.1) is 11.3 Å². The lowest BCUT2D eigenvalue weighted by Crippen LogP contribution is -2.31. The number of hydrogen-bond acceptors (Lipinski definition) is 13. The van der Waals surface area contributed by atoms with Crippen molar-refractivity contribution in [1.82, 2.24) is 15.6 Å². The number of aliphatic hydroxyl groups is 1. The first-order valence-electron chi connectivity index (χ1n) is 18.6. The summed E-state index contributed by atoms with van der Waals surface area (Å²) in [6.45, 7) is 8.84. The summed E-state index contributed by atoms with van der Waals surface area (Å²) in [6.07, 6.45) is 2.96. The molecule has 5 N–H and O–H groups in total. The standard InChI is InChI=1S/C41H49N5O11/c1-6-8-9-10-19-54-40(51)46-36(42)28-13-15-29(16-14-28)44-37(48)32-20-27(7-2)34(53-5)21-31(32)30-17-18-33(38(49)43-22-26-11-12-26)45-35(30)39(50)56-25(4)57-41(52)55-24(3)23-47/h7,13-18,20-21,24-26,47H,2,6,8-12,19,22-23H2,1,3-5H3,(H,43,49)(H,44,48)(H2,42,46,51). The number of nitrogens with zero attached hydrogens (tertiary/aromatic N) is 1. The van der Waals surface area contributed by atoms with Crippen LogP contribution in [0.1, 0.15) is 102 Å². The van der Waals surface area contributed by atoms with Gasteiger partial charge in [0.2, 0.25) is 6.29 Å². The van der Waals surface area contributed by atoms with E-state index < -0.39 is 49.0 Å². The van der Waals surface area contributed by atoms with E-state index in [0.717, 1.165) is 38.5 Å². The lowest BCUT2D eigenvalue weighted by atomic mass is 9.94. The van der Waals surface area contributed by atoms with E-state index >= 15 is 0 Å². The molecule has 1 aliphatic rings. The van der Waals surface area contributed by atoms with Crippen LogP contribution in [0.15, 0.2) is 55.1 Å². The Morgan fingerprint density at radius 2 is 1.70 bits per heavy atom. The van der Waals surface area contributed by atoms with Crippen molar-refractivity contribution >= 4 is 47.6 Å². The number of unbranched alkanes of at least 4 members (excludes halogenated alkanes) is 3. The number of amides is 3. The van der Waals surface area contributed by atoms with E-state index in [1.165, 1.54) is 63.4 Å². The van der Waals surface area contributed by atoms with Crippen LogP contribution in [0.4, 0.5) is 15.3 Å². The van der Waals surface area contributed by atoms with Crippen LogP contribution in [-0.4, -0.2) is 85.2 Å². The number of methoxy groups -OCH3 is 1. The van der Waals surface area contributed by atoms with E-state index in [0.29, 0.717) is 35.0 Å². The molecule has 1 fully saturated rings. The SMILES string of the molecule is C=Cc1cc(C(=O)Nc2ccc(C(=N)NC(=O)OCCCCCC)cc2)c(-c2ccc(C(=O)NCC3CC3)nc2C(=O)OC(C)OC(=O)OC(C)CO)cc1OC. The van der Waals surface area contributed by atoms with Crippen LogP contribution in [0.2, 0.25) is 0 Å². The van der Waals surface area contributed by atoms with Crippen molar-refractivity contribution in [1.29, 1.82) is 5.41 Å². The second-order valence-electron chi connectivity index (χ2n) is 13.3. The summed E-state index contributed by atoms with van der Waals surface area (Å²) in [4.78, 5) is 69.5. The van der Waals surface area contributed by atoms with Crippen molar-refractivity contribution in [3.63, 3.8) is 0 Å². The predicted octanol–water partition coefficient (Wildman–Crippen LogP) is 6.46. The zero-order valence-corrected chi connectivity index (χ0v) is 32.5. The van der Waals surface area contributed by atoms with Crippen LogP contribution >= 0.6 is 0 Å². The Balaban J connectivity index is 1.63. The summed E-state index contributed by atoms with van der Waals surface area (Å²) in [6, 6.07) is 12.0. The molecule has 2 atom stereocenters. The first kappa shape index (κ1) is 43.4. The molecule has 2 unspecified atom stereocenters. The van der Waals surface area contributed by atoms with E-state index in [1.54, 1.807) is 12.1 Å². The summed E-state index contributed by atoms with van der Waals surface area (Å²) < 4.78 is 26.0. The summed E-state index contributed by atoms with van der Waals surface area (Å²) >= 11 is 0. The number of carbonyl (C=O) groups excluding carboxylic acids is 5. The Hall–Kier alpha value is -6.29. The molecule has 3 amide bonds. The maximum atomic E-state index is 14.0. The lowest BCUT2D eigenvalue weighted by molar-refractivity contribution is -0.0912. The van der Waals surface area contributed by atoms with Gasteiger partial charge in [-0.1, -0.05) is 38.8 Å². The minimum Gasteiger partial charge on any atom is -0.496 e. The second-order valence-corrected chi connectivity index (χ2v) is 13.3. The third-order valence-corrected chi connectivity index (χ3v) is 8.67. The Labute approximate surface area is 330 Å². The van der Waals surface area contributed by atoms with Gasteiger partial charge in [-0.05, 0) is 80.6 Å². The number of aromatic nitrogens is 1. The van der Waals surface area contributed by atoms with Gasteiger partial charge in [-0.25, -0.2) is 19.4 Å². The average Bonchev–Trinajstić information content (AvgIpc) is 4.03. The van der Waals surface area contributed by atoms with Gasteiger partial charge in [0.1, 0.15) is 23.4 Å². The molecule has 0 radical (unpaired) electrons. The highest BCUT2D eigenvalue weighted by Gasteiger charge is 2.28. The van der Waals surface area contributed by atoms with Crippen molar-refractivity contribution in [2.45, 2.75) is 71.7 Å². The molecule has 0 aliphatic heterocycles. The van der Waals surface area contributed by atoms with Crippen molar-refractivity contribution in [2.75, 3.05) is 32.2 Å². The highest BCUT2D eigenvalue weighted by molar-refractivity contribution is 6.11. The molecule has 57 heavy (non-hydrogen) atoms. The third kappa shape index (κ3) is 12.9. The van der Waals surface area contributed by atoms with Crippen LogP contribution in [0.25, 0.3) is 17.2 Å². The van der Waals surface area contributed by atoms with Gasteiger partial charge in [0, 0.05) is 47.0 Å². The molecule has 0 bridgehead atoms. The Morgan fingerprint density at radius 3 is 2.35 bits per heavy atom. The number of aliphatic hydroxyl groups excluding tert-OH is 1. The minimum atomic E-state index is -1.49. The Kier molecular flexibility index (Phi) is 16.1. The fraction of sp³-hybridized carbons (Fsp3) is 0.390. The van der Waals surface area contributed by atoms with Gasteiger partial charge in [0.05, 0.1) is 20.3 Å². The summed E-state index contributed by atoms with van der Waals surface area (Å²) in [5.41, 5.74) is 0.970. The van der Waals surface area contributed by atoms with Crippen LogP contribution < -0.4 is 20.7 Å². The number of nitrogens with one attached hydrogen (secondary N) is 4. The molecule has 16 nitrogen and oxygen atoms in total. The number of ether oxygens (including phenoxy) is 5. The molecule has 3 aromatic rings. The molecular weight excluding hydrogens is 738 g/mol. The van der Waals surface area contributed by atoms with Gasteiger partial charge in [0.15, 0.2) is 5.69 Å². The van der Waals surface area contributed by atoms with Crippen molar-refractivity contribution < 1.29 is 52.8 Å². The largest absolute Gasteiger partial charge is 0.511 e. The Morgan fingerprint density at radius 1 is 0.965 bits per heavy atom. The minimum absolute atomic E-state index is 0.0542. The number of pyridine rings is 1. The van der Waals surface area contributed by atoms with Gasteiger partial charge < -0.3 is 39.4 Å². The molecule has 1 aromatic heterocycles. The maximum absolute atomic E-state index is 14.0. The molecule has 0 spiro atoms. The van der Waals surface area contributed by atoms with Gasteiger partial charge in [-0.15, -0.1) is 0 Å². The summed E-state index contributed by atoms with van der Waals surface area (Å²) in [5.74, 6) is -1.76. The van der Waals surface area contributed by atoms with Crippen molar-refractivity contribution in [2.24, 2.45) is 5.92 Å². The molecule has 304 valence electrons. The van der Waals surface area contributed by atoms with Crippen LogP contribution in [0.5, 0.6) is 5.75 Å². The second kappa shape index (κ2) is 21.1. The summed E-state index contributed by atoms with van der Waals surface area (Å²) in [5, 5.41) is 25.5. The monoisotopic (exact) mass is 787 g/mol. The van der Waals surface area contributed by atoms with Gasteiger partial charge in [0.25, 0.3) is 11.8 Å². The van der Waals surface area contributed by atoms with Crippen molar-refractivity contribution in [3.8, 4) is 16.9 Å². The number of hydrogen-bond donors (Lipinski definition) is 5. The zero-order chi connectivity index (χ0) is 41.5. The quantitative estimate of drug-likeness (QED) is 0.0220. The summed E-state index contributed by atoms with van der Waals surface area (Å²) in [7, 11) is 1.42. The first-order valence-corrected chi connectivity index (χ1v) is 18.6. The van der Waals surface area contributed by atoms with E-state index in [4.69, 9.17) is 29.1 Å². The molecule has 2 aromatic carbocycles.